The molecule has 0 aliphatic carbocycles. The molecule has 0 unspecified atom stereocenters. The summed E-state index contributed by atoms with van der Waals surface area (Å²) in [6.07, 6.45) is 2.62. The summed E-state index contributed by atoms with van der Waals surface area (Å²) < 4.78 is 37.9. The van der Waals surface area contributed by atoms with Gasteiger partial charge in [0, 0.05) is 25.0 Å². The third-order valence-electron chi connectivity index (χ3n) is 3.90. The van der Waals surface area contributed by atoms with Crippen LogP contribution in [0.5, 0.6) is 0 Å². The van der Waals surface area contributed by atoms with Gasteiger partial charge in [-0.1, -0.05) is 27.2 Å². The molecule has 8 heteroatoms. The fourth-order valence-electron chi connectivity index (χ4n) is 2.20. The van der Waals surface area contributed by atoms with Crippen LogP contribution in [0.15, 0.2) is 0 Å². The van der Waals surface area contributed by atoms with Gasteiger partial charge in [-0.3, -0.25) is 4.79 Å². The maximum Gasteiger partial charge on any atom is 0.407 e. The minimum absolute atomic E-state index is 0.131. The summed E-state index contributed by atoms with van der Waals surface area (Å²) in [5.41, 5.74) is -0.546. The minimum Gasteiger partial charge on any atom is -0.450 e. The Balaban J connectivity index is 3.71. The Bertz CT molecular complexity index is 452. The lowest BCUT2D eigenvalue weighted by molar-refractivity contribution is -0.128. The Kier molecular flexibility index (Phi) is 13.0. The zero-order chi connectivity index (χ0) is 21.6. The van der Waals surface area contributed by atoms with Crippen molar-refractivity contribution in [2.45, 2.75) is 85.2 Å². The number of hydrogen-bond acceptors (Lipinski definition) is 4. The monoisotopic (exact) mass is 408 g/mol. The first kappa shape index (κ1) is 26.6. The number of rotatable bonds is 14. The van der Waals surface area contributed by atoms with Crippen molar-refractivity contribution in [2.24, 2.45) is 5.41 Å². The van der Waals surface area contributed by atoms with Crippen LogP contribution in [0, 0.1) is 5.41 Å². The number of unbranched alkanes of at least 4 members (excludes halogenated alkanes) is 3. The minimum atomic E-state index is -3.04. The number of hydrogen-bond donors (Lipinski definition) is 2. The zero-order valence-electron chi connectivity index (χ0n) is 18.0. The van der Waals surface area contributed by atoms with E-state index in [2.05, 4.69) is 10.6 Å². The van der Waals surface area contributed by atoms with E-state index in [1.54, 1.807) is 20.8 Å². The van der Waals surface area contributed by atoms with Crippen LogP contribution in [0.1, 0.15) is 73.1 Å². The van der Waals surface area contributed by atoms with E-state index in [9.17, 15) is 18.4 Å². The number of ether oxygens (including phenoxy) is 2. The first-order valence-corrected chi connectivity index (χ1v) is 10.1. The standard InChI is InChI=1S/C20H38F2N2O4/c1-16(2)27-13-8-6-7-9-14-28-18(26)24-15-20(21,22)11-10-12-23-17(25)19(3,4)5/h16H,6-15H2,1-5H3,(H,23,25)(H,24,26). The van der Waals surface area contributed by atoms with Crippen molar-refractivity contribution in [3.63, 3.8) is 0 Å². The summed E-state index contributed by atoms with van der Waals surface area (Å²) in [4.78, 5) is 23.1. The van der Waals surface area contributed by atoms with E-state index in [-0.39, 0.29) is 31.6 Å². The van der Waals surface area contributed by atoms with E-state index >= 15 is 0 Å². The smallest absolute Gasteiger partial charge is 0.407 e. The normalized spacial score (nSPS) is 12.1. The lowest BCUT2D eigenvalue weighted by Crippen LogP contribution is -2.38. The van der Waals surface area contributed by atoms with E-state index in [1.165, 1.54) is 0 Å². The maximum absolute atomic E-state index is 13.8. The van der Waals surface area contributed by atoms with Crippen LogP contribution in [0.3, 0.4) is 0 Å². The summed E-state index contributed by atoms with van der Waals surface area (Å²) in [6, 6.07) is 0. The highest BCUT2D eigenvalue weighted by Crippen LogP contribution is 2.19. The molecule has 28 heavy (non-hydrogen) atoms. The third kappa shape index (κ3) is 15.6. The van der Waals surface area contributed by atoms with Crippen LogP contribution >= 0.6 is 0 Å². The number of alkyl carbamates (subject to hydrolysis) is 1. The van der Waals surface area contributed by atoms with Gasteiger partial charge in [0.1, 0.15) is 0 Å². The van der Waals surface area contributed by atoms with E-state index in [4.69, 9.17) is 9.47 Å². The molecule has 0 saturated carbocycles. The molecule has 0 bridgehead atoms. The molecule has 0 aromatic rings. The molecule has 0 fully saturated rings. The van der Waals surface area contributed by atoms with Crippen molar-refractivity contribution < 1.29 is 27.8 Å². The highest BCUT2D eigenvalue weighted by molar-refractivity contribution is 5.81. The Morgan fingerprint density at radius 3 is 2.11 bits per heavy atom. The largest absolute Gasteiger partial charge is 0.450 e. The van der Waals surface area contributed by atoms with Crippen molar-refractivity contribution >= 4 is 12.0 Å². The van der Waals surface area contributed by atoms with Crippen molar-refractivity contribution in [3.8, 4) is 0 Å². The molecule has 2 N–H and O–H groups in total. The predicted molar refractivity (Wildman–Crippen MR) is 106 cm³/mol. The van der Waals surface area contributed by atoms with Gasteiger partial charge in [0.15, 0.2) is 0 Å². The highest BCUT2D eigenvalue weighted by Gasteiger charge is 2.29. The van der Waals surface area contributed by atoms with Gasteiger partial charge >= 0.3 is 6.09 Å². The van der Waals surface area contributed by atoms with Gasteiger partial charge in [0.05, 0.1) is 19.3 Å². The van der Waals surface area contributed by atoms with Gasteiger partial charge in [0.25, 0.3) is 5.92 Å². The number of carbonyl (C=O) groups excluding carboxylic acids is 2. The molecule has 0 saturated heterocycles. The van der Waals surface area contributed by atoms with Crippen LogP contribution in [0.25, 0.3) is 0 Å². The third-order valence-corrected chi connectivity index (χ3v) is 3.90. The Morgan fingerprint density at radius 2 is 1.54 bits per heavy atom. The van der Waals surface area contributed by atoms with Crippen molar-refractivity contribution in [3.05, 3.63) is 0 Å². The summed E-state index contributed by atoms with van der Waals surface area (Å²) >= 11 is 0. The second-order valence-corrected chi connectivity index (χ2v) is 8.29. The molecule has 0 spiro atoms. The van der Waals surface area contributed by atoms with Crippen LogP contribution in [0.2, 0.25) is 0 Å². The molecular weight excluding hydrogens is 370 g/mol. The molecule has 0 aliphatic heterocycles. The fourth-order valence-corrected chi connectivity index (χ4v) is 2.20. The summed E-state index contributed by atoms with van der Waals surface area (Å²) in [6.45, 7) is 9.58. The molecule has 6 nitrogen and oxygen atoms in total. The number of carbonyl (C=O) groups is 2. The number of nitrogens with one attached hydrogen (secondary N) is 2. The second kappa shape index (κ2) is 13.7. The van der Waals surface area contributed by atoms with Gasteiger partial charge in [-0.2, -0.15) is 0 Å². The highest BCUT2D eigenvalue weighted by atomic mass is 19.3. The Hall–Kier alpha value is -1.44. The summed E-state index contributed by atoms with van der Waals surface area (Å²) in [7, 11) is 0. The Morgan fingerprint density at radius 1 is 0.929 bits per heavy atom. The molecule has 0 atom stereocenters. The van der Waals surface area contributed by atoms with Gasteiger partial charge in [-0.25, -0.2) is 13.6 Å². The van der Waals surface area contributed by atoms with Crippen molar-refractivity contribution in [1.29, 1.82) is 0 Å². The Labute approximate surface area is 168 Å². The first-order valence-electron chi connectivity index (χ1n) is 10.1. The number of amides is 2. The first-order chi connectivity index (χ1) is 12.9. The van der Waals surface area contributed by atoms with E-state index in [1.807, 2.05) is 13.8 Å². The average molecular weight is 409 g/mol. The molecule has 0 rings (SSSR count). The van der Waals surface area contributed by atoms with Gasteiger partial charge in [-0.05, 0) is 39.5 Å². The van der Waals surface area contributed by atoms with Gasteiger partial charge < -0.3 is 20.1 Å². The predicted octanol–water partition coefficient (Wildman–Crippen LogP) is 4.28. The maximum atomic E-state index is 13.8. The van der Waals surface area contributed by atoms with Crippen LogP contribution < -0.4 is 10.6 Å². The SMILES string of the molecule is CC(C)OCCCCCCOC(=O)NCC(F)(F)CCCNC(=O)C(C)(C)C. The average Bonchev–Trinajstić information content (AvgIpc) is 2.58. The number of alkyl halides is 2. The van der Waals surface area contributed by atoms with Gasteiger partial charge in [-0.15, -0.1) is 0 Å². The zero-order valence-corrected chi connectivity index (χ0v) is 18.0. The fraction of sp³-hybridized carbons (Fsp3) is 0.900. The van der Waals surface area contributed by atoms with Crippen LogP contribution in [-0.2, 0) is 14.3 Å². The summed E-state index contributed by atoms with van der Waals surface area (Å²) in [5, 5.41) is 4.73. The van der Waals surface area contributed by atoms with Crippen LogP contribution in [-0.4, -0.2) is 50.3 Å². The molecule has 0 aliphatic rings. The molecule has 0 aromatic carbocycles. The van der Waals surface area contributed by atoms with E-state index < -0.39 is 30.4 Å². The number of halogens is 2. The molecule has 166 valence electrons. The summed E-state index contributed by atoms with van der Waals surface area (Å²) in [5.74, 6) is -3.22. The topological polar surface area (TPSA) is 76.7 Å². The van der Waals surface area contributed by atoms with Gasteiger partial charge in [0.2, 0.25) is 5.91 Å². The molecule has 0 aromatic heterocycles. The van der Waals surface area contributed by atoms with E-state index in [0.29, 0.717) is 13.0 Å². The quantitative estimate of drug-likeness (QED) is 0.421. The van der Waals surface area contributed by atoms with Crippen molar-refractivity contribution in [2.75, 3.05) is 26.3 Å². The lowest BCUT2D eigenvalue weighted by Gasteiger charge is -2.19. The second-order valence-electron chi connectivity index (χ2n) is 8.29. The molecule has 0 heterocycles. The van der Waals surface area contributed by atoms with Crippen LogP contribution in [0.4, 0.5) is 13.6 Å². The molecule has 0 radical (unpaired) electrons. The van der Waals surface area contributed by atoms with E-state index in [0.717, 1.165) is 19.3 Å². The van der Waals surface area contributed by atoms with Crippen molar-refractivity contribution in [1.82, 2.24) is 10.6 Å². The molecule has 2 amide bonds. The lowest BCUT2D eigenvalue weighted by atomic mass is 9.96. The molecular formula is C20H38F2N2O4.